The van der Waals surface area contributed by atoms with Crippen molar-refractivity contribution >= 4 is 18.3 Å². The second kappa shape index (κ2) is 9.34. The summed E-state index contributed by atoms with van der Waals surface area (Å²) in [4.78, 5) is 38.9. The average Bonchev–Trinajstić information content (AvgIpc) is 3.09. The highest BCUT2D eigenvalue weighted by atomic mass is 16.4. The molecule has 3 rings (SSSR count). The Morgan fingerprint density at radius 1 is 1.10 bits per heavy atom. The van der Waals surface area contributed by atoms with E-state index in [1.807, 2.05) is 60.7 Å². The molecule has 0 aromatic heterocycles. The number of hydrogen-bond donors (Lipinski definition) is 2. The normalized spacial score (nSPS) is 18.3. The summed E-state index contributed by atoms with van der Waals surface area (Å²) in [6, 6.07) is 17.5. The molecule has 152 valence electrons. The Balaban J connectivity index is 1.88. The molecule has 2 aromatic rings. The number of aliphatic hydroxyl groups excluding tert-OH is 1. The molecular formula is C22H24N2O5. The first-order chi connectivity index (χ1) is 14.0. The molecule has 1 fully saturated rings. The van der Waals surface area contributed by atoms with Crippen LogP contribution in [0.4, 0.5) is 0 Å². The molecule has 1 aliphatic heterocycles. The van der Waals surface area contributed by atoms with Gasteiger partial charge < -0.3 is 20.0 Å². The Labute approximate surface area is 169 Å². The molecular weight excluding hydrogens is 372 g/mol. The molecule has 0 aliphatic carbocycles. The number of likely N-dealkylation sites (tertiary alicyclic amines) is 1. The predicted molar refractivity (Wildman–Crippen MR) is 105 cm³/mol. The van der Waals surface area contributed by atoms with Gasteiger partial charge in [0.2, 0.25) is 12.3 Å². The number of aliphatic carboxylic acids is 1. The van der Waals surface area contributed by atoms with Gasteiger partial charge in [-0.1, -0.05) is 60.7 Å². The minimum absolute atomic E-state index is 0.103. The van der Waals surface area contributed by atoms with Crippen LogP contribution in [0, 0.1) is 0 Å². The number of carbonyl (C=O) groups is 3. The number of carboxylic acids is 1. The number of aliphatic hydroxyl groups is 1. The maximum atomic E-state index is 12.5. The zero-order chi connectivity index (χ0) is 20.8. The van der Waals surface area contributed by atoms with Gasteiger partial charge in [-0.05, 0) is 24.0 Å². The third-order valence-corrected chi connectivity index (χ3v) is 5.25. The number of nitrogens with zero attached hydrogens (tertiary/aromatic N) is 2. The zero-order valence-corrected chi connectivity index (χ0v) is 15.9. The molecule has 3 unspecified atom stereocenters. The van der Waals surface area contributed by atoms with Crippen molar-refractivity contribution in [3.63, 3.8) is 0 Å². The van der Waals surface area contributed by atoms with Crippen LogP contribution < -0.4 is 0 Å². The van der Waals surface area contributed by atoms with Gasteiger partial charge in [0, 0.05) is 13.0 Å². The van der Waals surface area contributed by atoms with Gasteiger partial charge in [0.1, 0.15) is 6.17 Å². The van der Waals surface area contributed by atoms with Gasteiger partial charge in [-0.15, -0.1) is 0 Å². The Hall–Kier alpha value is -3.19. The van der Waals surface area contributed by atoms with E-state index in [-0.39, 0.29) is 18.7 Å². The van der Waals surface area contributed by atoms with Crippen molar-refractivity contribution in [3.05, 3.63) is 71.8 Å². The lowest BCUT2D eigenvalue weighted by Gasteiger charge is -2.39. The SMILES string of the molecule is O=CN(C(Cc1ccccc1)C(O)C(=O)O)C1CCC(=O)N1Cc1ccccc1. The van der Waals surface area contributed by atoms with E-state index >= 15 is 0 Å². The fourth-order valence-corrected chi connectivity index (χ4v) is 3.77. The first-order valence-electron chi connectivity index (χ1n) is 9.52. The Morgan fingerprint density at radius 2 is 1.69 bits per heavy atom. The maximum Gasteiger partial charge on any atom is 0.334 e. The van der Waals surface area contributed by atoms with Gasteiger partial charge in [0.05, 0.1) is 6.04 Å². The van der Waals surface area contributed by atoms with Gasteiger partial charge in [0.25, 0.3) is 0 Å². The summed E-state index contributed by atoms with van der Waals surface area (Å²) in [5.74, 6) is -1.51. The van der Waals surface area contributed by atoms with Crippen molar-refractivity contribution in [2.24, 2.45) is 0 Å². The number of amides is 2. The lowest BCUT2D eigenvalue weighted by atomic mass is 9.99. The van der Waals surface area contributed by atoms with Crippen molar-refractivity contribution < 1.29 is 24.6 Å². The number of benzene rings is 2. The molecule has 29 heavy (non-hydrogen) atoms. The number of carbonyl (C=O) groups excluding carboxylic acids is 2. The molecule has 2 aromatic carbocycles. The van der Waals surface area contributed by atoms with Crippen LogP contribution in [0.25, 0.3) is 0 Å². The summed E-state index contributed by atoms with van der Waals surface area (Å²) in [5.41, 5.74) is 1.71. The van der Waals surface area contributed by atoms with E-state index in [1.54, 1.807) is 4.90 Å². The van der Waals surface area contributed by atoms with Crippen LogP contribution in [0.5, 0.6) is 0 Å². The molecule has 1 heterocycles. The minimum atomic E-state index is -1.77. The Bertz CT molecular complexity index is 843. The van der Waals surface area contributed by atoms with E-state index in [9.17, 15) is 24.6 Å². The van der Waals surface area contributed by atoms with E-state index in [0.717, 1.165) is 11.1 Å². The molecule has 0 spiro atoms. The summed E-state index contributed by atoms with van der Waals surface area (Å²) in [7, 11) is 0. The number of hydrogen-bond acceptors (Lipinski definition) is 4. The van der Waals surface area contributed by atoms with Gasteiger partial charge in [0.15, 0.2) is 6.10 Å². The molecule has 1 saturated heterocycles. The fraction of sp³-hybridized carbons (Fsp3) is 0.318. The van der Waals surface area contributed by atoms with Crippen molar-refractivity contribution in [3.8, 4) is 0 Å². The van der Waals surface area contributed by atoms with Crippen LogP contribution in [-0.4, -0.2) is 56.6 Å². The fourth-order valence-electron chi connectivity index (χ4n) is 3.77. The topological polar surface area (TPSA) is 98.1 Å². The van der Waals surface area contributed by atoms with Crippen LogP contribution in [0.2, 0.25) is 0 Å². The van der Waals surface area contributed by atoms with E-state index in [2.05, 4.69) is 0 Å². The molecule has 7 heteroatoms. The molecule has 2 N–H and O–H groups in total. The highest BCUT2D eigenvalue weighted by Gasteiger charge is 2.41. The van der Waals surface area contributed by atoms with E-state index < -0.39 is 24.3 Å². The van der Waals surface area contributed by atoms with E-state index in [1.165, 1.54) is 4.90 Å². The van der Waals surface area contributed by atoms with Gasteiger partial charge in [-0.25, -0.2) is 4.79 Å². The third kappa shape index (κ3) is 4.81. The summed E-state index contributed by atoms with van der Waals surface area (Å²) in [6.45, 7) is 0.315. The van der Waals surface area contributed by atoms with Gasteiger partial charge in [-0.2, -0.15) is 0 Å². The monoisotopic (exact) mass is 396 g/mol. The van der Waals surface area contributed by atoms with E-state index in [0.29, 0.717) is 19.4 Å². The summed E-state index contributed by atoms with van der Waals surface area (Å²) < 4.78 is 0. The lowest BCUT2D eigenvalue weighted by Crippen LogP contribution is -2.56. The Kier molecular flexibility index (Phi) is 6.61. The molecule has 3 atom stereocenters. The highest BCUT2D eigenvalue weighted by Crippen LogP contribution is 2.27. The quantitative estimate of drug-likeness (QED) is 0.628. The maximum absolute atomic E-state index is 12.5. The van der Waals surface area contributed by atoms with Crippen LogP contribution in [-0.2, 0) is 27.3 Å². The average molecular weight is 396 g/mol. The molecule has 0 saturated carbocycles. The number of rotatable bonds is 9. The van der Waals surface area contributed by atoms with Crippen LogP contribution >= 0.6 is 0 Å². The van der Waals surface area contributed by atoms with Crippen molar-refractivity contribution in [1.82, 2.24) is 9.80 Å². The molecule has 1 aliphatic rings. The first kappa shape index (κ1) is 20.5. The Morgan fingerprint density at radius 3 is 2.24 bits per heavy atom. The van der Waals surface area contributed by atoms with Gasteiger partial charge in [-0.3, -0.25) is 9.59 Å². The molecule has 2 amide bonds. The smallest absolute Gasteiger partial charge is 0.334 e. The van der Waals surface area contributed by atoms with Crippen LogP contribution in [0.1, 0.15) is 24.0 Å². The highest BCUT2D eigenvalue weighted by molar-refractivity contribution is 5.79. The minimum Gasteiger partial charge on any atom is -0.479 e. The summed E-state index contributed by atoms with van der Waals surface area (Å²) in [6.07, 6.45) is -1.01. The third-order valence-electron chi connectivity index (χ3n) is 5.25. The summed E-state index contributed by atoms with van der Waals surface area (Å²) >= 11 is 0. The zero-order valence-electron chi connectivity index (χ0n) is 15.9. The van der Waals surface area contributed by atoms with Gasteiger partial charge >= 0.3 is 5.97 Å². The lowest BCUT2D eigenvalue weighted by molar-refractivity contribution is -0.154. The summed E-state index contributed by atoms with van der Waals surface area (Å²) in [5, 5.41) is 19.7. The molecule has 0 bridgehead atoms. The number of carboxylic acid groups (broad SMARTS) is 1. The van der Waals surface area contributed by atoms with Crippen LogP contribution in [0.15, 0.2) is 60.7 Å². The standard InChI is InChI=1S/C22H24N2O5/c25-15-24(18(21(27)22(28)29)13-16-7-3-1-4-8-16)19-11-12-20(26)23(19)14-17-9-5-2-6-10-17/h1-10,15,18-19,21,27H,11-14H2,(H,28,29). The second-order valence-electron chi connectivity index (χ2n) is 7.12. The second-order valence-corrected chi connectivity index (χ2v) is 7.12. The molecule has 7 nitrogen and oxygen atoms in total. The largest absolute Gasteiger partial charge is 0.479 e. The van der Waals surface area contributed by atoms with Crippen molar-refractivity contribution in [1.29, 1.82) is 0 Å². The molecule has 0 radical (unpaired) electrons. The predicted octanol–water partition coefficient (Wildman–Crippen LogP) is 1.65. The van der Waals surface area contributed by atoms with Crippen molar-refractivity contribution in [2.75, 3.05) is 0 Å². The van der Waals surface area contributed by atoms with E-state index in [4.69, 9.17) is 0 Å². The van der Waals surface area contributed by atoms with Crippen molar-refractivity contribution in [2.45, 2.75) is 44.1 Å². The van der Waals surface area contributed by atoms with Crippen LogP contribution in [0.3, 0.4) is 0 Å². The first-order valence-corrected chi connectivity index (χ1v) is 9.52.